The summed E-state index contributed by atoms with van der Waals surface area (Å²) in [4.78, 5) is 12.7. The van der Waals surface area contributed by atoms with Crippen LogP contribution < -0.4 is 0 Å². The van der Waals surface area contributed by atoms with E-state index >= 15 is 0 Å². The molecule has 0 aromatic carbocycles. The van der Waals surface area contributed by atoms with Gasteiger partial charge in [-0.25, -0.2) is 0 Å². The van der Waals surface area contributed by atoms with Crippen molar-refractivity contribution in [2.45, 2.75) is 66.2 Å². The van der Waals surface area contributed by atoms with Crippen LogP contribution in [0.15, 0.2) is 0 Å². The van der Waals surface area contributed by atoms with Crippen LogP contribution in [-0.2, 0) is 4.79 Å². The Hall–Kier alpha value is -0.330. The molecule has 1 nitrogen and oxygen atoms in total. The summed E-state index contributed by atoms with van der Waals surface area (Å²) in [6, 6.07) is 0. The van der Waals surface area contributed by atoms with E-state index in [1.165, 1.54) is 12.8 Å². The quantitative estimate of drug-likeness (QED) is 0.694. The summed E-state index contributed by atoms with van der Waals surface area (Å²) in [6.07, 6.45) is 7.14. The summed E-state index contributed by atoms with van der Waals surface area (Å²) in [5.41, 5.74) is 0. The van der Waals surface area contributed by atoms with Gasteiger partial charge in [0.25, 0.3) is 0 Å². The molecule has 6 unspecified atom stereocenters. The summed E-state index contributed by atoms with van der Waals surface area (Å²) in [5, 5.41) is 0. The summed E-state index contributed by atoms with van der Waals surface area (Å²) in [7, 11) is 0. The third-order valence-electron chi connectivity index (χ3n) is 6.00. The molecular weight excluding hydrogens is 220 g/mol. The first-order valence-electron chi connectivity index (χ1n) is 8.02. The van der Waals surface area contributed by atoms with Crippen molar-refractivity contribution in [1.82, 2.24) is 0 Å². The zero-order chi connectivity index (χ0) is 13.3. The predicted octanol–water partition coefficient (Wildman–Crippen LogP) is 4.70. The molecule has 0 bridgehead atoms. The fourth-order valence-corrected chi connectivity index (χ4v) is 3.95. The summed E-state index contributed by atoms with van der Waals surface area (Å²) < 4.78 is 0. The standard InChI is InChI=1S/C17H30O/c1-11-5-7-15(9-13(11)3)17(18)16-8-6-12(2)14(4)10-16/h11-16H,5-10H2,1-4H3. The van der Waals surface area contributed by atoms with Crippen molar-refractivity contribution in [2.24, 2.45) is 35.5 Å². The second-order valence-electron chi connectivity index (χ2n) is 7.33. The highest BCUT2D eigenvalue weighted by atomic mass is 16.1. The van der Waals surface area contributed by atoms with E-state index in [9.17, 15) is 4.79 Å². The molecule has 0 aliphatic heterocycles. The number of carbonyl (C=O) groups is 1. The van der Waals surface area contributed by atoms with Crippen molar-refractivity contribution in [1.29, 1.82) is 0 Å². The molecule has 0 N–H and O–H groups in total. The van der Waals surface area contributed by atoms with Crippen LogP contribution >= 0.6 is 0 Å². The lowest BCUT2D eigenvalue weighted by atomic mass is 9.68. The Morgan fingerprint density at radius 2 is 1.06 bits per heavy atom. The van der Waals surface area contributed by atoms with Gasteiger partial charge in [-0.05, 0) is 62.2 Å². The highest BCUT2D eigenvalue weighted by Crippen LogP contribution is 2.39. The zero-order valence-electron chi connectivity index (χ0n) is 12.6. The lowest BCUT2D eigenvalue weighted by Crippen LogP contribution is -2.34. The average Bonchev–Trinajstić information content (AvgIpc) is 2.35. The van der Waals surface area contributed by atoms with Crippen LogP contribution in [0.4, 0.5) is 0 Å². The van der Waals surface area contributed by atoms with E-state index in [2.05, 4.69) is 27.7 Å². The van der Waals surface area contributed by atoms with E-state index in [0.29, 0.717) is 17.6 Å². The van der Waals surface area contributed by atoms with Gasteiger partial charge in [0.2, 0.25) is 0 Å². The van der Waals surface area contributed by atoms with Crippen molar-refractivity contribution < 1.29 is 4.79 Å². The Morgan fingerprint density at radius 1 is 0.667 bits per heavy atom. The largest absolute Gasteiger partial charge is 0.299 e. The number of rotatable bonds is 2. The summed E-state index contributed by atoms with van der Waals surface area (Å²) in [6.45, 7) is 9.34. The molecule has 104 valence electrons. The Labute approximate surface area is 113 Å². The third kappa shape index (κ3) is 2.97. The molecule has 0 spiro atoms. The molecule has 0 saturated heterocycles. The van der Waals surface area contributed by atoms with Crippen LogP contribution in [-0.4, -0.2) is 5.78 Å². The van der Waals surface area contributed by atoms with Gasteiger partial charge in [-0.15, -0.1) is 0 Å². The van der Waals surface area contributed by atoms with E-state index < -0.39 is 0 Å². The van der Waals surface area contributed by atoms with Crippen molar-refractivity contribution >= 4 is 5.78 Å². The molecule has 0 aromatic rings. The zero-order valence-corrected chi connectivity index (χ0v) is 12.6. The van der Waals surface area contributed by atoms with Gasteiger partial charge in [-0.1, -0.05) is 27.7 Å². The van der Waals surface area contributed by atoms with E-state index in [0.717, 1.165) is 49.4 Å². The Bertz CT molecular complexity index is 268. The molecule has 6 atom stereocenters. The molecule has 0 radical (unpaired) electrons. The van der Waals surface area contributed by atoms with Gasteiger partial charge in [0, 0.05) is 11.8 Å². The fourth-order valence-electron chi connectivity index (χ4n) is 3.95. The number of hydrogen-bond donors (Lipinski definition) is 0. The predicted molar refractivity (Wildman–Crippen MR) is 76.3 cm³/mol. The fraction of sp³-hybridized carbons (Fsp3) is 0.941. The number of hydrogen-bond acceptors (Lipinski definition) is 1. The Morgan fingerprint density at radius 3 is 1.39 bits per heavy atom. The number of Topliss-reactive ketones (excluding diaryl/α,β-unsaturated/α-hetero) is 1. The van der Waals surface area contributed by atoms with Crippen LogP contribution in [0, 0.1) is 35.5 Å². The first-order valence-corrected chi connectivity index (χ1v) is 8.02. The molecule has 0 heterocycles. The van der Waals surface area contributed by atoms with Crippen LogP contribution in [0.2, 0.25) is 0 Å². The van der Waals surface area contributed by atoms with Crippen molar-refractivity contribution in [3.63, 3.8) is 0 Å². The minimum atomic E-state index is 0.391. The normalized spacial score (nSPS) is 45.8. The maximum absolute atomic E-state index is 12.7. The van der Waals surface area contributed by atoms with Gasteiger partial charge in [0.15, 0.2) is 0 Å². The smallest absolute Gasteiger partial charge is 0.139 e. The van der Waals surface area contributed by atoms with Gasteiger partial charge in [-0.3, -0.25) is 4.79 Å². The SMILES string of the molecule is CC1CCC(C(=O)C2CCC(C)C(C)C2)CC1C. The van der Waals surface area contributed by atoms with Gasteiger partial charge in [-0.2, -0.15) is 0 Å². The first kappa shape index (κ1) is 14.1. The maximum Gasteiger partial charge on any atom is 0.139 e. The van der Waals surface area contributed by atoms with Crippen LogP contribution in [0.1, 0.15) is 66.2 Å². The monoisotopic (exact) mass is 250 g/mol. The van der Waals surface area contributed by atoms with Crippen molar-refractivity contribution in [2.75, 3.05) is 0 Å². The lowest BCUT2D eigenvalue weighted by molar-refractivity contribution is -0.130. The maximum atomic E-state index is 12.7. The molecule has 2 aliphatic rings. The van der Waals surface area contributed by atoms with Gasteiger partial charge < -0.3 is 0 Å². The molecule has 1 heteroatoms. The van der Waals surface area contributed by atoms with Crippen LogP contribution in [0.5, 0.6) is 0 Å². The Balaban J connectivity index is 1.91. The van der Waals surface area contributed by atoms with E-state index in [4.69, 9.17) is 0 Å². The number of ketones is 1. The van der Waals surface area contributed by atoms with E-state index in [1.54, 1.807) is 0 Å². The second kappa shape index (κ2) is 5.75. The highest BCUT2D eigenvalue weighted by Gasteiger charge is 2.35. The van der Waals surface area contributed by atoms with E-state index in [1.807, 2.05) is 0 Å². The minimum absolute atomic E-state index is 0.391. The molecular formula is C17H30O. The topological polar surface area (TPSA) is 17.1 Å². The highest BCUT2D eigenvalue weighted by molar-refractivity contribution is 5.83. The molecule has 0 amide bonds. The van der Waals surface area contributed by atoms with Gasteiger partial charge in [0.05, 0.1) is 0 Å². The van der Waals surface area contributed by atoms with Gasteiger partial charge >= 0.3 is 0 Å². The second-order valence-corrected chi connectivity index (χ2v) is 7.33. The summed E-state index contributed by atoms with van der Waals surface area (Å²) in [5.74, 6) is 4.52. The van der Waals surface area contributed by atoms with Crippen LogP contribution in [0.3, 0.4) is 0 Å². The minimum Gasteiger partial charge on any atom is -0.299 e. The lowest BCUT2D eigenvalue weighted by Gasteiger charge is -2.36. The number of carbonyl (C=O) groups excluding carboxylic acids is 1. The molecule has 18 heavy (non-hydrogen) atoms. The van der Waals surface area contributed by atoms with E-state index in [-0.39, 0.29) is 0 Å². The Kier molecular flexibility index (Phi) is 4.50. The molecule has 2 aliphatic carbocycles. The van der Waals surface area contributed by atoms with Crippen molar-refractivity contribution in [3.8, 4) is 0 Å². The molecule has 2 fully saturated rings. The summed E-state index contributed by atoms with van der Waals surface area (Å²) >= 11 is 0. The third-order valence-corrected chi connectivity index (χ3v) is 6.00. The van der Waals surface area contributed by atoms with Gasteiger partial charge in [0.1, 0.15) is 5.78 Å². The molecule has 0 aromatic heterocycles. The van der Waals surface area contributed by atoms with Crippen molar-refractivity contribution in [3.05, 3.63) is 0 Å². The molecule has 2 rings (SSSR count). The average molecular weight is 250 g/mol. The molecule has 2 saturated carbocycles. The first-order chi connectivity index (χ1) is 8.49. The van der Waals surface area contributed by atoms with Crippen LogP contribution in [0.25, 0.3) is 0 Å².